The predicted octanol–water partition coefficient (Wildman–Crippen LogP) is 3.81. The van der Waals surface area contributed by atoms with Crippen LogP contribution in [0.3, 0.4) is 0 Å². The van der Waals surface area contributed by atoms with E-state index >= 15 is 0 Å². The van der Waals surface area contributed by atoms with Gasteiger partial charge >= 0.3 is 0 Å². The van der Waals surface area contributed by atoms with Crippen LogP contribution in [0.15, 0.2) is 18.3 Å². The van der Waals surface area contributed by atoms with E-state index in [0.717, 1.165) is 12.2 Å². The summed E-state index contributed by atoms with van der Waals surface area (Å²) in [6, 6.07) is 2.32. The van der Waals surface area contributed by atoms with Gasteiger partial charge in [0.05, 0.1) is 0 Å². The lowest BCUT2D eigenvalue weighted by molar-refractivity contribution is 0.755. The van der Waals surface area contributed by atoms with E-state index in [-0.39, 0.29) is 0 Å². The summed E-state index contributed by atoms with van der Waals surface area (Å²) in [6.07, 6.45) is 5.12. The lowest BCUT2D eigenvalue weighted by atomic mass is 9.93. The highest BCUT2D eigenvalue weighted by Gasteiger charge is 2.16. The van der Waals surface area contributed by atoms with Crippen LogP contribution in [0.2, 0.25) is 0 Å². The van der Waals surface area contributed by atoms with Gasteiger partial charge in [-0.1, -0.05) is 33.8 Å². The van der Waals surface area contributed by atoms with E-state index in [1.807, 2.05) is 6.20 Å². The van der Waals surface area contributed by atoms with Gasteiger partial charge in [-0.2, -0.15) is 0 Å². The summed E-state index contributed by atoms with van der Waals surface area (Å²) in [4.78, 5) is 4.77. The highest BCUT2D eigenvalue weighted by molar-refractivity contribution is 5.53. The monoisotopic (exact) mass is 216 g/mol. The third-order valence-corrected chi connectivity index (χ3v) is 3.01. The number of rotatable bonds is 2. The molecular formula is C14H20N2. The molecule has 2 heteroatoms. The lowest BCUT2D eigenvalue weighted by Crippen LogP contribution is -2.09. The smallest absolute Gasteiger partial charge is 0.133 e. The molecule has 0 radical (unpaired) electrons. The van der Waals surface area contributed by atoms with Crippen LogP contribution in [0, 0.1) is 0 Å². The molecule has 0 saturated carbocycles. The minimum absolute atomic E-state index is 0.482. The van der Waals surface area contributed by atoms with E-state index in [2.05, 4.69) is 45.2 Å². The number of hydrogen-bond donors (Lipinski definition) is 1. The van der Waals surface area contributed by atoms with Crippen LogP contribution in [-0.2, 0) is 6.42 Å². The van der Waals surface area contributed by atoms with Gasteiger partial charge in [-0.25, -0.2) is 4.98 Å². The fourth-order valence-electron chi connectivity index (χ4n) is 2.12. The van der Waals surface area contributed by atoms with Gasteiger partial charge in [0.1, 0.15) is 5.82 Å². The van der Waals surface area contributed by atoms with Gasteiger partial charge in [-0.15, -0.1) is 0 Å². The lowest BCUT2D eigenvalue weighted by Gasteiger charge is -2.20. The summed E-state index contributed by atoms with van der Waals surface area (Å²) >= 11 is 0. The highest BCUT2D eigenvalue weighted by Crippen LogP contribution is 2.30. The number of aromatic nitrogens is 1. The Labute approximate surface area is 97.8 Å². The van der Waals surface area contributed by atoms with Crippen LogP contribution in [-0.4, -0.2) is 4.98 Å². The fourth-order valence-corrected chi connectivity index (χ4v) is 2.12. The number of nitrogens with zero attached hydrogens (tertiary/aromatic N) is 1. The molecular weight excluding hydrogens is 196 g/mol. The van der Waals surface area contributed by atoms with Gasteiger partial charge in [0.2, 0.25) is 0 Å². The van der Waals surface area contributed by atoms with Crippen LogP contribution >= 0.6 is 0 Å². The maximum atomic E-state index is 4.77. The van der Waals surface area contributed by atoms with Gasteiger partial charge in [-0.3, -0.25) is 0 Å². The molecule has 0 fully saturated rings. The summed E-state index contributed by atoms with van der Waals surface area (Å²) in [5, 5.41) is 3.23. The van der Waals surface area contributed by atoms with Crippen LogP contribution < -0.4 is 5.32 Å². The molecule has 2 nitrogen and oxygen atoms in total. The Morgan fingerprint density at radius 3 is 2.56 bits per heavy atom. The Kier molecular flexibility index (Phi) is 2.99. The van der Waals surface area contributed by atoms with E-state index < -0.39 is 0 Å². The molecule has 2 rings (SSSR count). The number of allylic oxidation sites excluding steroid dienone is 1. The molecule has 1 aliphatic rings. The number of fused-ring (bicyclic) bond motifs is 1. The number of hydrogen-bond acceptors (Lipinski definition) is 2. The second-order valence-electron chi connectivity index (χ2n) is 5.03. The van der Waals surface area contributed by atoms with Gasteiger partial charge in [0.15, 0.2) is 0 Å². The SMILES string of the molecule is CC(C)c1cc2c(nc1C(C)C)NC=CC2. The van der Waals surface area contributed by atoms with Crippen molar-refractivity contribution in [2.45, 2.75) is 46.0 Å². The van der Waals surface area contributed by atoms with Crippen molar-refractivity contribution in [3.8, 4) is 0 Å². The Bertz CT molecular complexity index is 378. The second-order valence-corrected chi connectivity index (χ2v) is 5.03. The molecule has 0 amide bonds. The molecule has 1 aliphatic heterocycles. The molecule has 0 unspecified atom stereocenters. The fraction of sp³-hybridized carbons (Fsp3) is 0.500. The molecule has 0 bridgehead atoms. The zero-order valence-corrected chi connectivity index (χ0v) is 10.5. The topological polar surface area (TPSA) is 24.9 Å². The average Bonchev–Trinajstić information content (AvgIpc) is 2.27. The molecule has 2 heterocycles. The van der Waals surface area contributed by atoms with Crippen molar-refractivity contribution in [2.75, 3.05) is 5.32 Å². The van der Waals surface area contributed by atoms with Crippen molar-refractivity contribution >= 4 is 5.82 Å². The summed E-state index contributed by atoms with van der Waals surface area (Å²) in [5.74, 6) is 2.06. The van der Waals surface area contributed by atoms with Gasteiger partial charge in [-0.05, 0) is 41.6 Å². The number of nitrogens with one attached hydrogen (secondary N) is 1. The van der Waals surface area contributed by atoms with Crippen LogP contribution in [0.4, 0.5) is 5.82 Å². The Morgan fingerprint density at radius 2 is 1.94 bits per heavy atom. The van der Waals surface area contributed by atoms with Crippen molar-refractivity contribution in [3.05, 3.63) is 35.2 Å². The van der Waals surface area contributed by atoms with E-state index in [4.69, 9.17) is 4.98 Å². The molecule has 0 saturated heterocycles. The van der Waals surface area contributed by atoms with E-state index in [1.54, 1.807) is 0 Å². The maximum absolute atomic E-state index is 4.77. The molecule has 1 N–H and O–H groups in total. The highest BCUT2D eigenvalue weighted by atomic mass is 15.0. The van der Waals surface area contributed by atoms with Crippen molar-refractivity contribution in [1.29, 1.82) is 0 Å². The minimum atomic E-state index is 0.482. The summed E-state index contributed by atoms with van der Waals surface area (Å²) in [5.41, 5.74) is 3.94. The quantitative estimate of drug-likeness (QED) is 0.813. The third-order valence-electron chi connectivity index (χ3n) is 3.01. The summed E-state index contributed by atoms with van der Waals surface area (Å²) < 4.78 is 0. The van der Waals surface area contributed by atoms with Crippen molar-refractivity contribution < 1.29 is 0 Å². The first-order valence-corrected chi connectivity index (χ1v) is 6.05. The number of anilines is 1. The second kappa shape index (κ2) is 4.28. The Hall–Kier alpha value is -1.31. The first kappa shape index (κ1) is 11.2. The molecule has 0 spiro atoms. The molecule has 0 aromatic carbocycles. The molecule has 0 aliphatic carbocycles. The number of pyridine rings is 1. The van der Waals surface area contributed by atoms with Crippen molar-refractivity contribution in [1.82, 2.24) is 4.98 Å². The standard InChI is InChI=1S/C14H20N2/c1-9(2)12-8-11-6-5-7-15-14(11)16-13(12)10(3)4/h5,7-10H,6H2,1-4H3,(H,15,16). The minimum Gasteiger partial charge on any atom is -0.347 e. The van der Waals surface area contributed by atoms with Gasteiger partial charge < -0.3 is 5.32 Å². The largest absolute Gasteiger partial charge is 0.347 e. The normalized spacial score (nSPS) is 14.1. The zero-order chi connectivity index (χ0) is 11.7. The zero-order valence-electron chi connectivity index (χ0n) is 10.5. The predicted molar refractivity (Wildman–Crippen MR) is 68.9 cm³/mol. The molecule has 1 aromatic rings. The van der Waals surface area contributed by atoms with E-state index in [9.17, 15) is 0 Å². The van der Waals surface area contributed by atoms with E-state index in [1.165, 1.54) is 16.8 Å². The molecule has 86 valence electrons. The molecule has 0 atom stereocenters. The Balaban J connectivity index is 2.52. The molecule has 16 heavy (non-hydrogen) atoms. The van der Waals surface area contributed by atoms with Gasteiger partial charge in [0.25, 0.3) is 0 Å². The average molecular weight is 216 g/mol. The maximum Gasteiger partial charge on any atom is 0.133 e. The third kappa shape index (κ3) is 1.97. The van der Waals surface area contributed by atoms with Crippen molar-refractivity contribution in [2.24, 2.45) is 0 Å². The first-order chi connectivity index (χ1) is 7.59. The van der Waals surface area contributed by atoms with Crippen LogP contribution in [0.1, 0.15) is 56.4 Å². The Morgan fingerprint density at radius 1 is 1.19 bits per heavy atom. The van der Waals surface area contributed by atoms with Crippen LogP contribution in [0.25, 0.3) is 0 Å². The molecule has 1 aromatic heterocycles. The van der Waals surface area contributed by atoms with Crippen LogP contribution in [0.5, 0.6) is 0 Å². The van der Waals surface area contributed by atoms with E-state index in [0.29, 0.717) is 11.8 Å². The summed E-state index contributed by atoms with van der Waals surface area (Å²) in [6.45, 7) is 8.89. The van der Waals surface area contributed by atoms with Gasteiger partial charge in [0, 0.05) is 5.69 Å². The first-order valence-electron chi connectivity index (χ1n) is 6.05. The van der Waals surface area contributed by atoms with Crippen molar-refractivity contribution in [3.63, 3.8) is 0 Å². The summed E-state index contributed by atoms with van der Waals surface area (Å²) in [7, 11) is 0.